The van der Waals surface area contributed by atoms with Crippen LogP contribution in [-0.2, 0) is 4.79 Å². The summed E-state index contributed by atoms with van der Waals surface area (Å²) in [4.78, 5) is 11.8. The lowest BCUT2D eigenvalue weighted by Crippen LogP contribution is -2.43. The molecule has 0 aromatic carbocycles. The first-order valence-corrected chi connectivity index (χ1v) is 6.74. The molecule has 3 atom stereocenters. The van der Waals surface area contributed by atoms with Crippen molar-refractivity contribution >= 4 is 17.5 Å². The Hall–Kier alpha value is -0.450. The predicted octanol–water partition coefficient (Wildman–Crippen LogP) is 3.49. The standard InChI is InChI=1S/C12H19ClF3NO/c1-8(13)6-7-17-11(18)9-4-2-3-5-10(9)12(14,15)16/h8-10H,2-7H2,1H3,(H,17,18). The summed E-state index contributed by atoms with van der Waals surface area (Å²) < 4.78 is 38.4. The highest BCUT2D eigenvalue weighted by molar-refractivity contribution is 6.20. The number of carbonyl (C=O) groups is 1. The topological polar surface area (TPSA) is 29.1 Å². The number of carbonyl (C=O) groups excluding carboxylic acids is 1. The van der Waals surface area contributed by atoms with Gasteiger partial charge in [0.05, 0.1) is 5.92 Å². The molecule has 106 valence electrons. The first-order chi connectivity index (χ1) is 8.32. The fourth-order valence-corrected chi connectivity index (χ4v) is 2.47. The van der Waals surface area contributed by atoms with Gasteiger partial charge in [-0.3, -0.25) is 4.79 Å². The molecule has 0 spiro atoms. The molecule has 0 aromatic heterocycles. The van der Waals surface area contributed by atoms with Crippen molar-refractivity contribution in [3.63, 3.8) is 0 Å². The van der Waals surface area contributed by atoms with Crippen molar-refractivity contribution in [2.45, 2.75) is 50.6 Å². The molecule has 1 rings (SSSR count). The molecule has 1 aliphatic carbocycles. The number of alkyl halides is 4. The summed E-state index contributed by atoms with van der Waals surface area (Å²) >= 11 is 5.72. The quantitative estimate of drug-likeness (QED) is 0.787. The third-order valence-corrected chi connectivity index (χ3v) is 3.58. The number of hydrogen-bond acceptors (Lipinski definition) is 1. The number of rotatable bonds is 4. The van der Waals surface area contributed by atoms with Gasteiger partial charge in [-0.25, -0.2) is 0 Å². The molecule has 1 saturated carbocycles. The first kappa shape index (κ1) is 15.6. The van der Waals surface area contributed by atoms with Crippen LogP contribution in [0.3, 0.4) is 0 Å². The summed E-state index contributed by atoms with van der Waals surface area (Å²) in [6, 6.07) is 0. The highest BCUT2D eigenvalue weighted by Crippen LogP contribution is 2.41. The molecular weight excluding hydrogens is 267 g/mol. The summed E-state index contributed by atoms with van der Waals surface area (Å²) in [5, 5.41) is 2.47. The van der Waals surface area contributed by atoms with Crippen LogP contribution in [0.25, 0.3) is 0 Å². The monoisotopic (exact) mass is 285 g/mol. The largest absolute Gasteiger partial charge is 0.392 e. The van der Waals surface area contributed by atoms with E-state index in [1.807, 2.05) is 0 Å². The van der Waals surface area contributed by atoms with Gasteiger partial charge >= 0.3 is 6.18 Å². The molecule has 1 N–H and O–H groups in total. The van der Waals surface area contributed by atoms with Gasteiger partial charge in [-0.2, -0.15) is 13.2 Å². The molecule has 0 heterocycles. The minimum Gasteiger partial charge on any atom is -0.356 e. The maximum atomic E-state index is 12.8. The minimum absolute atomic E-state index is 0.0630. The number of hydrogen-bond donors (Lipinski definition) is 1. The Balaban J connectivity index is 2.52. The van der Waals surface area contributed by atoms with Gasteiger partial charge in [-0.15, -0.1) is 11.6 Å². The fraction of sp³-hybridized carbons (Fsp3) is 0.917. The SMILES string of the molecule is CC(Cl)CCNC(=O)C1CCCCC1C(F)(F)F. The lowest BCUT2D eigenvalue weighted by molar-refractivity contribution is -0.198. The van der Waals surface area contributed by atoms with Crippen LogP contribution in [0.2, 0.25) is 0 Å². The van der Waals surface area contributed by atoms with Gasteiger partial charge in [0.15, 0.2) is 0 Å². The predicted molar refractivity (Wildman–Crippen MR) is 64.4 cm³/mol. The highest BCUT2D eigenvalue weighted by Gasteiger charge is 2.47. The summed E-state index contributed by atoms with van der Waals surface area (Å²) in [6.07, 6.45) is -2.08. The maximum Gasteiger partial charge on any atom is 0.392 e. The zero-order chi connectivity index (χ0) is 13.8. The zero-order valence-corrected chi connectivity index (χ0v) is 11.2. The van der Waals surface area contributed by atoms with E-state index >= 15 is 0 Å². The second-order valence-electron chi connectivity index (χ2n) is 4.90. The van der Waals surface area contributed by atoms with Crippen LogP contribution in [0.4, 0.5) is 13.2 Å². The molecule has 1 aliphatic rings. The molecule has 18 heavy (non-hydrogen) atoms. The van der Waals surface area contributed by atoms with Gasteiger partial charge in [0, 0.05) is 17.8 Å². The van der Waals surface area contributed by atoms with Crippen LogP contribution >= 0.6 is 11.6 Å². The average molecular weight is 286 g/mol. The van der Waals surface area contributed by atoms with E-state index in [4.69, 9.17) is 11.6 Å². The van der Waals surface area contributed by atoms with Gasteiger partial charge in [-0.1, -0.05) is 12.8 Å². The van der Waals surface area contributed by atoms with E-state index in [1.54, 1.807) is 6.92 Å². The molecule has 1 fully saturated rings. The third kappa shape index (κ3) is 4.67. The van der Waals surface area contributed by atoms with Crippen molar-refractivity contribution in [1.82, 2.24) is 5.32 Å². The number of amides is 1. The smallest absolute Gasteiger partial charge is 0.356 e. The van der Waals surface area contributed by atoms with Crippen LogP contribution in [0.15, 0.2) is 0 Å². The van der Waals surface area contributed by atoms with E-state index in [-0.39, 0.29) is 11.8 Å². The molecule has 3 unspecified atom stereocenters. The van der Waals surface area contributed by atoms with E-state index in [2.05, 4.69) is 5.32 Å². The van der Waals surface area contributed by atoms with Gasteiger partial charge in [0.25, 0.3) is 0 Å². The van der Waals surface area contributed by atoms with Crippen molar-refractivity contribution < 1.29 is 18.0 Å². The van der Waals surface area contributed by atoms with E-state index in [1.165, 1.54) is 0 Å². The van der Waals surface area contributed by atoms with Crippen molar-refractivity contribution in [2.24, 2.45) is 11.8 Å². The Kier molecular flexibility index (Phi) is 5.76. The first-order valence-electron chi connectivity index (χ1n) is 6.31. The molecule has 1 amide bonds. The summed E-state index contributed by atoms with van der Waals surface area (Å²) in [5.74, 6) is -2.89. The minimum atomic E-state index is -4.28. The third-order valence-electron chi connectivity index (χ3n) is 3.36. The van der Waals surface area contributed by atoms with Gasteiger partial charge in [0.2, 0.25) is 5.91 Å². The van der Waals surface area contributed by atoms with Crippen LogP contribution in [0, 0.1) is 11.8 Å². The highest BCUT2D eigenvalue weighted by atomic mass is 35.5. The lowest BCUT2D eigenvalue weighted by Gasteiger charge is -2.32. The Morgan fingerprint density at radius 3 is 2.56 bits per heavy atom. The molecule has 2 nitrogen and oxygen atoms in total. The second kappa shape index (κ2) is 6.64. The van der Waals surface area contributed by atoms with E-state index in [9.17, 15) is 18.0 Å². The van der Waals surface area contributed by atoms with Crippen LogP contribution in [0.5, 0.6) is 0 Å². The molecule has 0 aromatic rings. The van der Waals surface area contributed by atoms with Crippen LogP contribution in [0.1, 0.15) is 39.0 Å². The molecule has 0 bridgehead atoms. The van der Waals surface area contributed by atoms with Crippen molar-refractivity contribution in [2.75, 3.05) is 6.54 Å². The van der Waals surface area contributed by atoms with Crippen LogP contribution in [-0.4, -0.2) is 24.0 Å². The van der Waals surface area contributed by atoms with Crippen molar-refractivity contribution in [1.29, 1.82) is 0 Å². The molecule has 6 heteroatoms. The lowest BCUT2D eigenvalue weighted by atomic mass is 9.78. The number of nitrogens with one attached hydrogen (secondary N) is 1. The molecule has 0 radical (unpaired) electrons. The summed E-state index contributed by atoms with van der Waals surface area (Å²) in [5.41, 5.74) is 0. The maximum absolute atomic E-state index is 12.8. The van der Waals surface area contributed by atoms with Gasteiger partial charge in [-0.05, 0) is 26.2 Å². The Labute approximate surface area is 110 Å². The Morgan fingerprint density at radius 2 is 2.00 bits per heavy atom. The normalized spacial score (nSPS) is 26.7. The molecule has 0 saturated heterocycles. The fourth-order valence-electron chi connectivity index (χ4n) is 2.36. The summed E-state index contributed by atoms with van der Waals surface area (Å²) in [7, 11) is 0. The van der Waals surface area contributed by atoms with E-state index < -0.39 is 23.9 Å². The van der Waals surface area contributed by atoms with Gasteiger partial charge < -0.3 is 5.32 Å². The number of halogens is 4. The van der Waals surface area contributed by atoms with Gasteiger partial charge in [0.1, 0.15) is 0 Å². The Bertz CT molecular complexity index is 281. The average Bonchev–Trinajstić information content (AvgIpc) is 2.27. The second-order valence-corrected chi connectivity index (χ2v) is 5.64. The van der Waals surface area contributed by atoms with Crippen LogP contribution < -0.4 is 5.32 Å². The zero-order valence-electron chi connectivity index (χ0n) is 10.4. The molecular formula is C12H19ClF3NO. The van der Waals surface area contributed by atoms with E-state index in [0.29, 0.717) is 32.2 Å². The van der Waals surface area contributed by atoms with E-state index in [0.717, 1.165) is 0 Å². The van der Waals surface area contributed by atoms with Crippen molar-refractivity contribution in [3.05, 3.63) is 0 Å². The van der Waals surface area contributed by atoms with Crippen molar-refractivity contribution in [3.8, 4) is 0 Å². The summed E-state index contributed by atoms with van der Waals surface area (Å²) in [6.45, 7) is 2.12. The molecule has 0 aliphatic heterocycles. The Morgan fingerprint density at radius 1 is 1.39 bits per heavy atom.